The minimum absolute atomic E-state index is 0.0138. The molecule has 1 atom stereocenters. The Morgan fingerprint density at radius 1 is 0.327 bits per heavy atom. The summed E-state index contributed by atoms with van der Waals surface area (Å²) < 4.78 is 59.2. The van der Waals surface area contributed by atoms with Gasteiger partial charge >= 0.3 is 0 Å². The summed E-state index contributed by atoms with van der Waals surface area (Å²) in [4.78, 5) is 89.9. The molecule has 0 aliphatic carbocycles. The molecule has 12 aromatic heterocycles. The first-order valence-corrected chi connectivity index (χ1v) is 47.6. The normalized spacial score (nSPS) is 11.5. The maximum Gasteiger partial charge on any atom is 0.266 e. The number of anilines is 4. The van der Waals surface area contributed by atoms with E-state index < -0.39 is 23.3 Å². The fourth-order valence-electron chi connectivity index (χ4n) is 19.1. The number of phenolic OH excluding ortho intramolecular Hbond substituents is 1. The van der Waals surface area contributed by atoms with E-state index in [2.05, 4.69) is 62.9 Å². The molecule has 0 amide bonds. The predicted molar refractivity (Wildman–Crippen MR) is 578 cm³/mol. The van der Waals surface area contributed by atoms with Gasteiger partial charge in [-0.3, -0.25) is 37.4 Å². The van der Waals surface area contributed by atoms with Gasteiger partial charge in [0, 0.05) is 39.5 Å². The van der Waals surface area contributed by atoms with Crippen molar-refractivity contribution in [1.29, 1.82) is 0 Å². The van der Waals surface area contributed by atoms with Crippen molar-refractivity contribution in [2.75, 3.05) is 44.3 Å². The van der Waals surface area contributed by atoms with Crippen LogP contribution in [0.15, 0.2) is 305 Å². The third kappa shape index (κ3) is 18.4. The zero-order valence-corrected chi connectivity index (χ0v) is 82.8. The van der Waals surface area contributed by atoms with E-state index in [-0.39, 0.29) is 64.8 Å². The Bertz CT molecular complexity index is 9660. The lowest BCUT2D eigenvalue weighted by Crippen LogP contribution is -2.25. The number of nitrogens with zero attached hydrogens (tertiary/aromatic N) is 20. The second-order valence-electron chi connectivity index (χ2n) is 35.9. The monoisotopic (exact) mass is 1990 g/mol. The van der Waals surface area contributed by atoms with Crippen molar-refractivity contribution in [3.8, 4) is 91.4 Å². The van der Waals surface area contributed by atoms with Crippen LogP contribution in [0.25, 0.3) is 144 Å². The van der Waals surface area contributed by atoms with Gasteiger partial charge in [0.2, 0.25) is 0 Å². The highest BCUT2D eigenvalue weighted by atomic mass is 19.1. The number of para-hydroxylation sites is 4. The SMILES string of the molecule is COc1ccc(-c2nn(Cc3cc4cccc(C)c4c(=O)n3-c3ccccc3C)c3ncnc(N)c23)cc1.COc1ccc(-c2nn(Cc3cc4cccc(C)c4c(=O)n3-c3ccccc3C)c3ncnc(N)c23)cc1OC.Cc1cccc2cc(Cn3nc(-c4ccc(O)cc4)c4c(N)ncnc43)n(-c3ccccc3F)c(=O)c12.Cc1ccccc1-n1c(Cn2nc(C#C[C@@H](C)O)c3c(N)ncnc32)cc2cccc(F)c2c1=O. The number of aromatic nitrogens is 20. The molecule has 0 saturated heterocycles. The number of pyridine rings is 4. The molecule has 23 rings (SSSR count). The largest absolute Gasteiger partial charge is 0.508 e. The predicted octanol–water partition coefficient (Wildman–Crippen LogP) is 17.6. The summed E-state index contributed by atoms with van der Waals surface area (Å²) in [6.07, 6.45) is 4.68. The van der Waals surface area contributed by atoms with Gasteiger partial charge in [-0.15, -0.1) is 0 Å². The Morgan fingerprint density at radius 3 is 1.03 bits per heavy atom. The molecule has 0 saturated carbocycles. The van der Waals surface area contributed by atoms with Crippen LogP contribution in [0.1, 0.15) is 68.8 Å². The molecule has 10 N–H and O–H groups in total. The number of benzene rings is 11. The Kier molecular flexibility index (Phi) is 26.6. The fraction of sp³-hybridized carbons (Fsp3) is 0.130. The van der Waals surface area contributed by atoms with Gasteiger partial charge in [0.15, 0.2) is 34.1 Å². The van der Waals surface area contributed by atoms with Gasteiger partial charge in [0.05, 0.1) is 113 Å². The van der Waals surface area contributed by atoms with Crippen molar-refractivity contribution in [3.63, 3.8) is 0 Å². The molecule has 0 aliphatic rings. The average Bonchev–Trinajstić information content (AvgIpc) is 1.78. The van der Waals surface area contributed by atoms with E-state index in [4.69, 9.17) is 52.4 Å². The number of fused-ring (bicyclic) bond motifs is 8. The number of nitrogens with two attached hydrogens (primary N) is 4. The van der Waals surface area contributed by atoms with Crippen LogP contribution in [-0.2, 0) is 26.2 Å². The molecular formula is C115H96F2N24O9. The summed E-state index contributed by atoms with van der Waals surface area (Å²) in [6.45, 7) is 14.0. The number of rotatable bonds is 18. The van der Waals surface area contributed by atoms with Crippen molar-refractivity contribution in [2.24, 2.45) is 0 Å². The first-order valence-electron chi connectivity index (χ1n) is 47.6. The topological polar surface area (TPSA) is 435 Å². The molecule has 35 heteroatoms. The summed E-state index contributed by atoms with van der Waals surface area (Å²) in [5.41, 5.74) is 41.2. The molecule has 0 aliphatic heterocycles. The van der Waals surface area contributed by atoms with Crippen LogP contribution >= 0.6 is 0 Å². The maximum atomic E-state index is 15.0. The molecule has 0 unspecified atom stereocenters. The summed E-state index contributed by atoms with van der Waals surface area (Å²) >= 11 is 0. The standard InChI is InChI=1S/C31H28N6O3.C30H26N6O2.C28H21FN6O2.C26H21FN6O2/c1-18-8-5-6-11-23(18)37-22(14-20-10-7-9-19(2)26(20)31(37)38)16-36-30-27(29(32)33-17-34-30)28(35-36)21-12-13-24(39-3)25(15-21)40-4;1-18-7-4-5-10-24(18)36-22(15-21-9-6-8-19(2)25(21)30(36)37)16-35-29-26(28(31)32-17-33-29)27(34-35)20-11-13-23(38-3)14-12-20;1-16-5-4-6-18-13-19(35(28(37)23(16)18)22-8-3-2-7-21(22)29)14-34-27-24(26(30)31-15-32-27)25(33-34)17-9-11-20(36)12-10-17;1-15-6-3-4-9-21(15)33-18(12-17-7-5-8-19(27)22(17)26(33)35)13-32-25-23(24(28)29-14-30-25)20(31-32)11-10-16(2)34/h5-15,17H,16H2,1-4H3,(H2,32,33,34);4-15,17H,16H2,1-3H3,(H2,31,32,33);2-13,15,36H,14H2,1H3,(H2,30,31,32);3-9,12,14,16,34H,13H2,1-2H3,(H2,28,29,30)/t;;;16-/m...1/s1. The van der Waals surface area contributed by atoms with Crippen LogP contribution in [0, 0.1) is 65.0 Å². The molecule has 23 aromatic rings. The van der Waals surface area contributed by atoms with Crippen molar-refractivity contribution in [1.82, 2.24) is 97.3 Å². The molecule has 150 heavy (non-hydrogen) atoms. The number of aryl methyl sites for hydroxylation is 6. The van der Waals surface area contributed by atoms with E-state index in [0.29, 0.717) is 141 Å². The molecule has 11 aromatic carbocycles. The number of halogens is 2. The minimum atomic E-state index is -0.859. The van der Waals surface area contributed by atoms with Crippen LogP contribution in [0.2, 0.25) is 0 Å². The highest BCUT2D eigenvalue weighted by molar-refractivity contribution is 6.02. The number of nitrogen functional groups attached to an aromatic ring is 4. The first-order chi connectivity index (χ1) is 72.6. The van der Waals surface area contributed by atoms with Gasteiger partial charge in [-0.25, -0.2) is 67.4 Å². The van der Waals surface area contributed by atoms with Crippen molar-refractivity contribution >= 4 is 110 Å². The minimum Gasteiger partial charge on any atom is -0.508 e. The fourth-order valence-corrected chi connectivity index (χ4v) is 19.1. The lowest BCUT2D eigenvalue weighted by molar-refractivity contribution is 0.253. The third-order valence-corrected chi connectivity index (χ3v) is 26.3. The lowest BCUT2D eigenvalue weighted by atomic mass is 10.1. The Balaban J connectivity index is 0.000000121. The summed E-state index contributed by atoms with van der Waals surface area (Å²) in [6, 6.07) is 78.8. The summed E-state index contributed by atoms with van der Waals surface area (Å²) in [5.74, 6) is 7.54. The quantitative estimate of drug-likeness (QED) is 0.0434. The molecule has 0 radical (unpaired) electrons. The molecule has 0 fully saturated rings. The van der Waals surface area contributed by atoms with E-state index in [0.717, 1.165) is 89.2 Å². The smallest absolute Gasteiger partial charge is 0.266 e. The third-order valence-electron chi connectivity index (χ3n) is 26.3. The average molecular weight is 2000 g/mol. The molecular weight excluding hydrogens is 1900 g/mol. The second-order valence-corrected chi connectivity index (χ2v) is 35.9. The number of hydrogen-bond acceptors (Lipinski definition) is 25. The van der Waals surface area contributed by atoms with Crippen LogP contribution in [-0.4, -0.2) is 135 Å². The first kappa shape index (κ1) is 97.7. The number of ether oxygens (including phenoxy) is 3. The van der Waals surface area contributed by atoms with Crippen molar-refractivity contribution in [3.05, 3.63) is 401 Å². The van der Waals surface area contributed by atoms with Crippen LogP contribution in [0.3, 0.4) is 0 Å². The van der Waals surface area contributed by atoms with E-state index >= 15 is 0 Å². The van der Waals surface area contributed by atoms with Gasteiger partial charge in [-0.1, -0.05) is 139 Å². The van der Waals surface area contributed by atoms with Crippen LogP contribution < -0.4 is 59.4 Å². The molecule has 0 bridgehead atoms. The number of aliphatic hydroxyl groups is 1. The Hall–Kier alpha value is -19.8. The molecule has 744 valence electrons. The molecule has 33 nitrogen and oxygen atoms in total. The molecule has 12 heterocycles. The van der Waals surface area contributed by atoms with Crippen molar-refractivity contribution in [2.45, 2.75) is 80.7 Å². The Morgan fingerprint density at radius 2 is 0.647 bits per heavy atom. The number of aliphatic hydroxyl groups excluding tert-OH is 1. The van der Waals surface area contributed by atoms with E-state index in [1.807, 2.05) is 224 Å². The van der Waals surface area contributed by atoms with Crippen LogP contribution in [0.5, 0.6) is 23.0 Å². The zero-order chi connectivity index (χ0) is 105. The van der Waals surface area contributed by atoms with Gasteiger partial charge < -0.3 is 47.4 Å². The lowest BCUT2D eigenvalue weighted by Gasteiger charge is -2.17. The maximum absolute atomic E-state index is 15.0. The van der Waals surface area contributed by atoms with E-state index in [9.17, 15) is 38.2 Å². The van der Waals surface area contributed by atoms with Gasteiger partial charge in [-0.2, -0.15) is 20.4 Å². The number of hydrogen-bond donors (Lipinski definition) is 6. The van der Waals surface area contributed by atoms with Gasteiger partial charge in [0.25, 0.3) is 22.2 Å². The number of aromatic hydroxyl groups is 1. The van der Waals surface area contributed by atoms with Gasteiger partial charge in [-0.05, 0) is 237 Å². The zero-order valence-electron chi connectivity index (χ0n) is 82.8. The second kappa shape index (κ2) is 40.8. The molecule has 0 spiro atoms. The number of methoxy groups -OCH3 is 3. The number of phenols is 1. The summed E-state index contributed by atoms with van der Waals surface area (Å²) in [5, 5.41) is 45.8. The highest BCUT2D eigenvalue weighted by Crippen LogP contribution is 2.40. The van der Waals surface area contributed by atoms with Crippen molar-refractivity contribution < 1.29 is 33.2 Å². The van der Waals surface area contributed by atoms with E-state index in [1.54, 1.807) is 117 Å². The highest BCUT2D eigenvalue weighted by Gasteiger charge is 2.29. The van der Waals surface area contributed by atoms with Crippen LogP contribution in [0.4, 0.5) is 32.1 Å². The van der Waals surface area contributed by atoms with Gasteiger partial charge in [0.1, 0.15) is 101 Å². The summed E-state index contributed by atoms with van der Waals surface area (Å²) in [7, 11) is 4.80. The van der Waals surface area contributed by atoms with E-state index in [1.165, 1.54) is 46.6 Å². The Labute approximate surface area is 853 Å².